The summed E-state index contributed by atoms with van der Waals surface area (Å²) in [5.41, 5.74) is 5.39. The molecule has 2 unspecified atom stereocenters. The Morgan fingerprint density at radius 1 is 1.42 bits per heavy atom. The summed E-state index contributed by atoms with van der Waals surface area (Å²) in [5.74, 6) is 1.40. The van der Waals surface area contributed by atoms with E-state index in [-0.39, 0.29) is 5.41 Å². The summed E-state index contributed by atoms with van der Waals surface area (Å²) in [5, 5.41) is 7.47. The van der Waals surface area contributed by atoms with Gasteiger partial charge in [-0.1, -0.05) is 41.0 Å². The predicted octanol–water partition coefficient (Wildman–Crippen LogP) is 2.63. The van der Waals surface area contributed by atoms with Crippen LogP contribution in [0, 0.1) is 22.7 Å². The molecule has 0 spiro atoms. The van der Waals surface area contributed by atoms with Gasteiger partial charge in [0.15, 0.2) is 0 Å². The zero-order valence-electron chi connectivity index (χ0n) is 8.94. The lowest BCUT2D eigenvalue weighted by Gasteiger charge is -2.34. The van der Waals surface area contributed by atoms with Gasteiger partial charge in [0.1, 0.15) is 0 Å². The highest BCUT2D eigenvalue weighted by Gasteiger charge is 2.31. The van der Waals surface area contributed by atoms with Crippen molar-refractivity contribution >= 4 is 5.84 Å². The van der Waals surface area contributed by atoms with Gasteiger partial charge in [-0.3, -0.25) is 5.41 Å². The van der Waals surface area contributed by atoms with Crippen molar-refractivity contribution in [3.63, 3.8) is 0 Å². The molecule has 0 aromatic heterocycles. The monoisotopic (exact) mass is 170 g/mol. The molecular weight excluding hydrogens is 148 g/mol. The lowest BCUT2D eigenvalue weighted by Crippen LogP contribution is -2.39. The molecule has 0 rings (SSSR count). The van der Waals surface area contributed by atoms with Gasteiger partial charge in [0, 0.05) is 5.41 Å². The average molecular weight is 170 g/mol. The van der Waals surface area contributed by atoms with Gasteiger partial charge in [-0.15, -0.1) is 0 Å². The fourth-order valence-electron chi connectivity index (χ4n) is 1.31. The second-order valence-corrected chi connectivity index (χ2v) is 4.31. The van der Waals surface area contributed by atoms with Gasteiger partial charge < -0.3 is 5.73 Å². The molecule has 0 amide bonds. The van der Waals surface area contributed by atoms with Crippen molar-refractivity contribution in [3.8, 4) is 0 Å². The van der Waals surface area contributed by atoms with Crippen molar-refractivity contribution in [2.24, 2.45) is 23.0 Å². The van der Waals surface area contributed by atoms with Crippen LogP contribution in [0.4, 0.5) is 0 Å². The molecule has 3 N–H and O–H groups in total. The Kier molecular flexibility index (Phi) is 3.75. The van der Waals surface area contributed by atoms with E-state index in [4.69, 9.17) is 11.1 Å². The Morgan fingerprint density at radius 3 is 2.08 bits per heavy atom. The smallest absolute Gasteiger partial charge is 0.0965 e. The molecule has 0 saturated carbocycles. The summed E-state index contributed by atoms with van der Waals surface area (Å²) in [7, 11) is 0. The van der Waals surface area contributed by atoms with Crippen LogP contribution in [-0.4, -0.2) is 5.84 Å². The summed E-state index contributed by atoms with van der Waals surface area (Å²) in [4.78, 5) is 0. The predicted molar refractivity (Wildman–Crippen MR) is 54.3 cm³/mol. The SMILES string of the molecule is CCC(C)C(C)C(C)(C)C(=N)N. The van der Waals surface area contributed by atoms with E-state index in [0.717, 1.165) is 6.42 Å². The van der Waals surface area contributed by atoms with Gasteiger partial charge in [-0.25, -0.2) is 0 Å². The zero-order chi connectivity index (χ0) is 9.94. The van der Waals surface area contributed by atoms with Crippen LogP contribution in [-0.2, 0) is 0 Å². The molecule has 0 saturated heterocycles. The lowest BCUT2D eigenvalue weighted by molar-refractivity contribution is 0.233. The van der Waals surface area contributed by atoms with Crippen LogP contribution in [0.3, 0.4) is 0 Å². The summed E-state index contributed by atoms with van der Waals surface area (Å²) >= 11 is 0. The highest BCUT2D eigenvalue weighted by molar-refractivity contribution is 5.83. The minimum atomic E-state index is -0.157. The first-order valence-corrected chi connectivity index (χ1v) is 4.68. The van der Waals surface area contributed by atoms with Crippen molar-refractivity contribution in [1.29, 1.82) is 5.41 Å². The highest BCUT2D eigenvalue weighted by Crippen LogP contribution is 2.33. The van der Waals surface area contributed by atoms with Gasteiger partial charge in [-0.2, -0.15) is 0 Å². The molecule has 0 fully saturated rings. The first-order valence-electron chi connectivity index (χ1n) is 4.68. The summed E-state index contributed by atoms with van der Waals surface area (Å²) in [6.45, 7) is 10.7. The van der Waals surface area contributed by atoms with Crippen molar-refractivity contribution < 1.29 is 0 Å². The van der Waals surface area contributed by atoms with E-state index < -0.39 is 0 Å². The normalized spacial score (nSPS) is 17.1. The maximum Gasteiger partial charge on any atom is 0.0965 e. The third-order valence-electron chi connectivity index (χ3n) is 3.33. The van der Waals surface area contributed by atoms with Crippen molar-refractivity contribution in [2.75, 3.05) is 0 Å². The quantitative estimate of drug-likeness (QED) is 0.494. The van der Waals surface area contributed by atoms with E-state index in [2.05, 4.69) is 20.8 Å². The molecule has 0 heterocycles. The molecule has 0 bridgehead atoms. The molecule has 0 aromatic carbocycles. The van der Waals surface area contributed by atoms with Crippen molar-refractivity contribution in [1.82, 2.24) is 0 Å². The Bertz CT molecular complexity index is 161. The molecule has 0 aliphatic carbocycles. The fourth-order valence-corrected chi connectivity index (χ4v) is 1.31. The molecule has 2 nitrogen and oxygen atoms in total. The standard InChI is InChI=1S/C10H22N2/c1-6-7(2)8(3)10(4,5)9(11)12/h7-8H,6H2,1-5H3,(H3,11,12). The van der Waals surface area contributed by atoms with Crippen LogP contribution in [0.2, 0.25) is 0 Å². The average Bonchev–Trinajstić information content (AvgIpc) is 2.01. The molecule has 2 atom stereocenters. The van der Waals surface area contributed by atoms with Crippen molar-refractivity contribution in [3.05, 3.63) is 0 Å². The Balaban J connectivity index is 4.44. The molecule has 0 aliphatic rings. The van der Waals surface area contributed by atoms with Crippen LogP contribution in [0.25, 0.3) is 0 Å². The maximum atomic E-state index is 7.47. The van der Waals surface area contributed by atoms with E-state index in [9.17, 15) is 0 Å². The summed E-state index contributed by atoms with van der Waals surface area (Å²) < 4.78 is 0. The molecule has 0 aliphatic heterocycles. The topological polar surface area (TPSA) is 49.9 Å². The molecule has 12 heavy (non-hydrogen) atoms. The van der Waals surface area contributed by atoms with E-state index in [1.54, 1.807) is 0 Å². The zero-order valence-corrected chi connectivity index (χ0v) is 8.94. The Hall–Kier alpha value is -0.530. The van der Waals surface area contributed by atoms with Crippen LogP contribution in [0.5, 0.6) is 0 Å². The third kappa shape index (κ3) is 2.23. The van der Waals surface area contributed by atoms with Crippen LogP contribution >= 0.6 is 0 Å². The fraction of sp³-hybridized carbons (Fsp3) is 0.900. The van der Waals surface area contributed by atoms with Gasteiger partial charge in [0.25, 0.3) is 0 Å². The van der Waals surface area contributed by atoms with Crippen LogP contribution in [0.1, 0.15) is 41.0 Å². The first kappa shape index (κ1) is 11.5. The number of nitrogens with one attached hydrogen (secondary N) is 1. The van der Waals surface area contributed by atoms with E-state index in [1.807, 2.05) is 13.8 Å². The molecule has 2 heteroatoms. The van der Waals surface area contributed by atoms with Gasteiger partial charge >= 0.3 is 0 Å². The van der Waals surface area contributed by atoms with Gasteiger partial charge in [0.2, 0.25) is 0 Å². The number of rotatable bonds is 4. The Labute approximate surface area is 76.0 Å². The number of nitrogens with two attached hydrogens (primary N) is 1. The van der Waals surface area contributed by atoms with E-state index >= 15 is 0 Å². The Morgan fingerprint density at radius 2 is 1.83 bits per heavy atom. The van der Waals surface area contributed by atoms with Gasteiger partial charge in [0.05, 0.1) is 5.84 Å². The number of hydrogen-bond acceptors (Lipinski definition) is 1. The first-order chi connectivity index (χ1) is 5.34. The minimum Gasteiger partial charge on any atom is -0.387 e. The minimum absolute atomic E-state index is 0.157. The van der Waals surface area contributed by atoms with E-state index in [0.29, 0.717) is 17.7 Å². The number of amidine groups is 1. The van der Waals surface area contributed by atoms with Crippen molar-refractivity contribution in [2.45, 2.75) is 41.0 Å². The molecule has 72 valence electrons. The largest absolute Gasteiger partial charge is 0.387 e. The number of hydrogen-bond donors (Lipinski definition) is 2. The lowest BCUT2D eigenvalue weighted by atomic mass is 9.72. The second kappa shape index (κ2) is 3.92. The molecule has 0 aromatic rings. The van der Waals surface area contributed by atoms with E-state index in [1.165, 1.54) is 0 Å². The summed E-state index contributed by atoms with van der Waals surface area (Å²) in [6, 6.07) is 0. The highest BCUT2D eigenvalue weighted by atomic mass is 14.7. The van der Waals surface area contributed by atoms with Gasteiger partial charge in [-0.05, 0) is 11.8 Å². The summed E-state index contributed by atoms with van der Waals surface area (Å²) in [6.07, 6.45) is 1.15. The molecular formula is C10H22N2. The molecule has 0 radical (unpaired) electrons. The van der Waals surface area contributed by atoms with Crippen LogP contribution in [0.15, 0.2) is 0 Å². The van der Waals surface area contributed by atoms with Crippen LogP contribution < -0.4 is 5.73 Å². The third-order valence-corrected chi connectivity index (χ3v) is 3.33. The maximum absolute atomic E-state index is 7.47. The second-order valence-electron chi connectivity index (χ2n) is 4.31.